The van der Waals surface area contributed by atoms with Crippen molar-refractivity contribution < 1.29 is 9.52 Å². The van der Waals surface area contributed by atoms with E-state index in [1.165, 1.54) is 0 Å². The van der Waals surface area contributed by atoms with E-state index in [0.717, 1.165) is 31.6 Å². The van der Waals surface area contributed by atoms with Crippen LogP contribution in [0.2, 0.25) is 0 Å². The molecule has 0 amide bonds. The van der Waals surface area contributed by atoms with Crippen molar-refractivity contribution in [3.8, 4) is 0 Å². The molecule has 0 unspecified atom stereocenters. The third kappa shape index (κ3) is 1.96. The Morgan fingerprint density at radius 3 is 2.86 bits per heavy atom. The van der Waals surface area contributed by atoms with Crippen molar-refractivity contribution >= 4 is 0 Å². The highest BCUT2D eigenvalue weighted by molar-refractivity contribution is 5.05. The van der Waals surface area contributed by atoms with Crippen molar-refractivity contribution in [2.45, 2.75) is 25.4 Å². The number of aliphatic hydroxyl groups excluding tert-OH is 1. The van der Waals surface area contributed by atoms with E-state index in [-0.39, 0.29) is 6.61 Å². The molecule has 0 radical (unpaired) electrons. The Labute approximate surface area is 83.5 Å². The molecule has 2 rings (SSSR count). The topological polar surface area (TPSA) is 49.5 Å². The Hall–Kier alpha value is -0.870. The first-order chi connectivity index (χ1) is 6.79. The molecule has 0 spiro atoms. The molecule has 4 nitrogen and oxygen atoms in total. The number of rotatable bonds is 2. The summed E-state index contributed by atoms with van der Waals surface area (Å²) in [4.78, 5) is 6.57. The Kier molecular flexibility index (Phi) is 2.84. The lowest BCUT2D eigenvalue weighted by Gasteiger charge is -2.27. The van der Waals surface area contributed by atoms with Gasteiger partial charge in [0.1, 0.15) is 12.9 Å². The molecule has 1 N–H and O–H groups in total. The van der Waals surface area contributed by atoms with Crippen LogP contribution in [0, 0.1) is 0 Å². The number of likely N-dealkylation sites (tertiary alicyclic amines) is 1. The quantitative estimate of drug-likeness (QED) is 0.766. The van der Waals surface area contributed by atoms with Crippen LogP contribution in [0.3, 0.4) is 0 Å². The highest BCUT2D eigenvalue weighted by Crippen LogP contribution is 2.26. The zero-order valence-electron chi connectivity index (χ0n) is 8.44. The minimum Gasteiger partial charge on any atom is -0.446 e. The van der Waals surface area contributed by atoms with Crippen LogP contribution < -0.4 is 0 Å². The fraction of sp³-hybridized carbons (Fsp3) is 0.700. The van der Waals surface area contributed by atoms with Gasteiger partial charge in [-0.2, -0.15) is 0 Å². The Morgan fingerprint density at radius 1 is 1.57 bits per heavy atom. The molecular weight excluding hydrogens is 180 g/mol. The molecule has 78 valence electrons. The van der Waals surface area contributed by atoms with Gasteiger partial charge in [0.25, 0.3) is 0 Å². The molecule has 0 saturated carbocycles. The first-order valence-corrected chi connectivity index (χ1v) is 5.03. The summed E-state index contributed by atoms with van der Waals surface area (Å²) in [5, 5.41) is 8.83. The molecule has 0 aromatic carbocycles. The molecular formula is C10H16N2O2. The van der Waals surface area contributed by atoms with E-state index in [4.69, 9.17) is 9.52 Å². The Morgan fingerprint density at radius 2 is 2.29 bits per heavy atom. The van der Waals surface area contributed by atoms with E-state index >= 15 is 0 Å². The number of aliphatic hydroxyl groups is 1. The summed E-state index contributed by atoms with van der Waals surface area (Å²) in [5.74, 6) is 0.939. The predicted octanol–water partition coefficient (Wildman–Crippen LogP) is 0.976. The summed E-state index contributed by atoms with van der Waals surface area (Å²) in [7, 11) is 2.14. The van der Waals surface area contributed by atoms with Crippen molar-refractivity contribution in [2.24, 2.45) is 0 Å². The van der Waals surface area contributed by atoms with Gasteiger partial charge in [-0.25, -0.2) is 4.98 Å². The zero-order chi connectivity index (χ0) is 9.97. The van der Waals surface area contributed by atoms with Gasteiger partial charge in [0.15, 0.2) is 0 Å². The van der Waals surface area contributed by atoms with Crippen LogP contribution in [0.4, 0.5) is 0 Å². The molecule has 2 heterocycles. The minimum absolute atomic E-state index is 0.105. The zero-order valence-corrected chi connectivity index (χ0v) is 8.44. The first kappa shape index (κ1) is 9.68. The van der Waals surface area contributed by atoms with E-state index in [1.807, 2.05) is 0 Å². The van der Waals surface area contributed by atoms with Gasteiger partial charge in [-0.1, -0.05) is 0 Å². The maximum absolute atomic E-state index is 8.83. The molecule has 0 atom stereocenters. The second-order valence-corrected chi connectivity index (χ2v) is 3.90. The SMILES string of the molecule is CN1CCC(c2coc(CO)n2)CC1. The fourth-order valence-corrected chi connectivity index (χ4v) is 1.89. The van der Waals surface area contributed by atoms with Crippen molar-refractivity contribution in [3.63, 3.8) is 0 Å². The number of nitrogens with zero attached hydrogens (tertiary/aromatic N) is 2. The van der Waals surface area contributed by atoms with Crippen LogP contribution >= 0.6 is 0 Å². The van der Waals surface area contributed by atoms with Gasteiger partial charge in [0.2, 0.25) is 5.89 Å². The van der Waals surface area contributed by atoms with Gasteiger partial charge < -0.3 is 14.4 Å². The molecule has 4 heteroatoms. The summed E-state index contributed by atoms with van der Waals surface area (Å²) in [6.45, 7) is 2.13. The second kappa shape index (κ2) is 4.11. The van der Waals surface area contributed by atoms with Crippen molar-refractivity contribution in [3.05, 3.63) is 17.8 Å². The lowest BCUT2D eigenvalue weighted by molar-refractivity contribution is 0.240. The number of hydrogen-bond acceptors (Lipinski definition) is 4. The minimum atomic E-state index is -0.105. The van der Waals surface area contributed by atoms with E-state index in [9.17, 15) is 0 Å². The maximum atomic E-state index is 8.83. The molecule has 1 aliphatic heterocycles. The molecule has 0 bridgehead atoms. The molecule has 1 fully saturated rings. The van der Waals surface area contributed by atoms with Gasteiger partial charge in [-0.05, 0) is 33.0 Å². The monoisotopic (exact) mass is 196 g/mol. The van der Waals surface area contributed by atoms with Crippen LogP contribution in [0.25, 0.3) is 0 Å². The first-order valence-electron chi connectivity index (χ1n) is 5.03. The van der Waals surface area contributed by atoms with Gasteiger partial charge >= 0.3 is 0 Å². The molecule has 1 aromatic rings. The number of hydrogen-bond donors (Lipinski definition) is 1. The highest BCUT2D eigenvalue weighted by Gasteiger charge is 2.21. The van der Waals surface area contributed by atoms with Crippen molar-refractivity contribution in [1.29, 1.82) is 0 Å². The fourth-order valence-electron chi connectivity index (χ4n) is 1.89. The van der Waals surface area contributed by atoms with Crippen molar-refractivity contribution in [1.82, 2.24) is 9.88 Å². The lowest BCUT2D eigenvalue weighted by Crippen LogP contribution is -2.29. The summed E-state index contributed by atoms with van der Waals surface area (Å²) in [6, 6.07) is 0. The normalized spacial score (nSPS) is 20.1. The summed E-state index contributed by atoms with van der Waals surface area (Å²) in [6.07, 6.45) is 3.95. The second-order valence-electron chi connectivity index (χ2n) is 3.90. The van der Waals surface area contributed by atoms with E-state index in [2.05, 4.69) is 16.9 Å². The van der Waals surface area contributed by atoms with Crippen LogP contribution in [-0.2, 0) is 6.61 Å². The Bertz CT molecular complexity index is 290. The van der Waals surface area contributed by atoms with Crippen LogP contribution in [0.15, 0.2) is 10.7 Å². The molecule has 14 heavy (non-hydrogen) atoms. The summed E-state index contributed by atoms with van der Waals surface area (Å²) < 4.78 is 5.12. The smallest absolute Gasteiger partial charge is 0.219 e. The highest BCUT2D eigenvalue weighted by atomic mass is 16.4. The van der Waals surface area contributed by atoms with Gasteiger partial charge in [0.05, 0.1) is 5.69 Å². The third-order valence-corrected chi connectivity index (χ3v) is 2.84. The largest absolute Gasteiger partial charge is 0.446 e. The Balaban J connectivity index is 2.01. The van der Waals surface area contributed by atoms with Gasteiger partial charge in [-0.3, -0.25) is 0 Å². The van der Waals surface area contributed by atoms with Crippen LogP contribution in [0.5, 0.6) is 0 Å². The van der Waals surface area contributed by atoms with Gasteiger partial charge in [-0.15, -0.1) is 0 Å². The van der Waals surface area contributed by atoms with Crippen LogP contribution in [0.1, 0.15) is 30.3 Å². The third-order valence-electron chi connectivity index (χ3n) is 2.84. The van der Waals surface area contributed by atoms with E-state index in [1.54, 1.807) is 6.26 Å². The summed E-state index contributed by atoms with van der Waals surface area (Å²) >= 11 is 0. The molecule has 1 aliphatic rings. The maximum Gasteiger partial charge on any atom is 0.219 e. The average molecular weight is 196 g/mol. The number of oxazole rings is 1. The van der Waals surface area contributed by atoms with Gasteiger partial charge in [0, 0.05) is 5.92 Å². The van der Waals surface area contributed by atoms with Crippen molar-refractivity contribution in [2.75, 3.05) is 20.1 Å². The molecule has 1 saturated heterocycles. The molecule has 0 aliphatic carbocycles. The number of aromatic nitrogens is 1. The summed E-state index contributed by atoms with van der Waals surface area (Å²) in [5.41, 5.74) is 1.00. The number of piperidine rings is 1. The average Bonchev–Trinajstić information content (AvgIpc) is 2.67. The van der Waals surface area contributed by atoms with E-state index in [0.29, 0.717) is 11.8 Å². The van der Waals surface area contributed by atoms with Crippen LogP contribution in [-0.4, -0.2) is 35.1 Å². The molecule has 1 aromatic heterocycles. The lowest BCUT2D eigenvalue weighted by atomic mass is 9.94. The predicted molar refractivity (Wildman–Crippen MR) is 51.9 cm³/mol. The van der Waals surface area contributed by atoms with E-state index < -0.39 is 0 Å². The standard InChI is InChI=1S/C10H16N2O2/c1-12-4-2-8(3-5-12)9-7-14-10(6-13)11-9/h7-8,13H,2-6H2,1H3.